The van der Waals surface area contributed by atoms with Crippen molar-refractivity contribution in [1.29, 1.82) is 0 Å². The van der Waals surface area contributed by atoms with Crippen LogP contribution in [0.15, 0.2) is 30.3 Å². The molecule has 0 fully saturated rings. The highest BCUT2D eigenvalue weighted by atomic mass is 16.2. The average molecular weight is 135 g/mol. The molecule has 0 aliphatic carbocycles. The summed E-state index contributed by atoms with van der Waals surface area (Å²) in [6.45, 7) is 0. The van der Waals surface area contributed by atoms with E-state index in [0.29, 0.717) is 5.69 Å². The minimum atomic E-state index is -0.786. The molecule has 0 heterocycles. The lowest BCUT2D eigenvalue weighted by molar-refractivity contribution is 0.258. The van der Waals surface area contributed by atoms with Crippen LogP contribution in [0.3, 0.4) is 0 Å². The number of rotatable bonds is 1. The van der Waals surface area contributed by atoms with E-state index >= 15 is 0 Å². The van der Waals surface area contributed by atoms with Gasteiger partial charge in [0, 0.05) is 5.69 Å². The Morgan fingerprint density at radius 3 is 2.40 bits per heavy atom. The van der Waals surface area contributed by atoms with Gasteiger partial charge in [-0.3, -0.25) is 0 Å². The highest BCUT2D eigenvalue weighted by Gasteiger charge is 1.91. The highest BCUT2D eigenvalue weighted by Crippen LogP contribution is 2.03. The number of para-hydroxylation sites is 1. The summed E-state index contributed by atoms with van der Waals surface area (Å²) in [6, 6.07) is 8.11. The van der Waals surface area contributed by atoms with Gasteiger partial charge in [-0.1, -0.05) is 18.2 Å². The number of carbonyl (C=O) groups is 1. The average Bonchev–Trinajstić information content (AvgIpc) is 1.88. The molecule has 0 bridgehead atoms. The van der Waals surface area contributed by atoms with E-state index in [2.05, 4.69) is 5.32 Å². The van der Waals surface area contributed by atoms with Gasteiger partial charge >= 0.3 is 6.03 Å². The first-order chi connectivity index (χ1) is 4.79. The van der Waals surface area contributed by atoms with Crippen LogP contribution in [0.5, 0.6) is 0 Å². The van der Waals surface area contributed by atoms with Gasteiger partial charge in [-0.2, -0.15) is 0 Å². The van der Waals surface area contributed by atoms with Gasteiger partial charge in [0.15, 0.2) is 0 Å². The molecule has 3 heteroatoms. The third-order valence-corrected chi connectivity index (χ3v) is 1.03. The number of nitrogens with one attached hydrogen (secondary N) is 2. The summed E-state index contributed by atoms with van der Waals surface area (Å²) in [7, 11) is 0. The molecule has 0 unspecified atom stereocenters. The third-order valence-electron chi connectivity index (χ3n) is 1.03. The molecular weight excluding hydrogens is 128 g/mol. The van der Waals surface area contributed by atoms with Crippen molar-refractivity contribution in [3.63, 3.8) is 0 Å². The van der Waals surface area contributed by atoms with Crippen molar-refractivity contribution in [2.75, 3.05) is 5.32 Å². The molecule has 51 valence electrons. The van der Waals surface area contributed by atoms with Gasteiger partial charge in [0.1, 0.15) is 0 Å². The van der Waals surface area contributed by atoms with E-state index in [4.69, 9.17) is 5.73 Å². The summed E-state index contributed by atoms with van der Waals surface area (Å²) < 4.78 is 0. The van der Waals surface area contributed by atoms with Crippen molar-refractivity contribution in [3.05, 3.63) is 30.3 Å². The van der Waals surface area contributed by atoms with Crippen LogP contribution in [-0.4, -0.2) is 6.03 Å². The Hall–Kier alpha value is -1.51. The molecule has 10 heavy (non-hydrogen) atoms. The maximum absolute atomic E-state index is 10.2. The molecule has 0 aliphatic rings. The fraction of sp³-hybridized carbons (Fsp3) is 0. The monoisotopic (exact) mass is 135 g/mol. The Bertz CT molecular complexity index is 220. The van der Waals surface area contributed by atoms with E-state index in [1.165, 1.54) is 0 Å². The molecular formula is C7H7N2O. The number of urea groups is 1. The zero-order chi connectivity index (χ0) is 7.40. The van der Waals surface area contributed by atoms with Crippen molar-refractivity contribution in [2.24, 2.45) is 0 Å². The Morgan fingerprint density at radius 2 is 1.90 bits per heavy atom. The maximum Gasteiger partial charge on any atom is 0.337 e. The summed E-state index contributed by atoms with van der Waals surface area (Å²) >= 11 is 0. The normalized spacial score (nSPS) is 8.80. The van der Waals surface area contributed by atoms with Crippen molar-refractivity contribution in [1.82, 2.24) is 5.73 Å². The molecule has 0 aromatic heterocycles. The minimum absolute atomic E-state index is 0.655. The molecule has 0 saturated carbocycles. The summed E-state index contributed by atoms with van der Waals surface area (Å²) in [6.07, 6.45) is 0. The quantitative estimate of drug-likeness (QED) is 0.623. The van der Waals surface area contributed by atoms with Gasteiger partial charge in [0.25, 0.3) is 0 Å². The number of carbonyl (C=O) groups excluding carboxylic acids is 1. The lowest BCUT2D eigenvalue weighted by Gasteiger charge is -1.97. The van der Waals surface area contributed by atoms with E-state index in [0.717, 1.165) is 0 Å². The molecule has 1 rings (SSSR count). The maximum atomic E-state index is 10.2. The first-order valence-electron chi connectivity index (χ1n) is 2.86. The Balaban J connectivity index is 2.67. The van der Waals surface area contributed by atoms with Crippen molar-refractivity contribution >= 4 is 11.7 Å². The highest BCUT2D eigenvalue weighted by molar-refractivity contribution is 5.86. The molecule has 2 N–H and O–H groups in total. The largest absolute Gasteiger partial charge is 0.337 e. The zero-order valence-corrected chi connectivity index (χ0v) is 5.29. The third kappa shape index (κ3) is 1.78. The first kappa shape index (κ1) is 6.61. The lowest BCUT2D eigenvalue weighted by atomic mass is 10.3. The molecule has 0 spiro atoms. The summed E-state index contributed by atoms with van der Waals surface area (Å²) in [5.74, 6) is 0. The second kappa shape index (κ2) is 2.87. The van der Waals surface area contributed by atoms with E-state index < -0.39 is 6.03 Å². The molecule has 3 nitrogen and oxygen atoms in total. The van der Waals surface area contributed by atoms with Crippen LogP contribution in [0.4, 0.5) is 10.5 Å². The van der Waals surface area contributed by atoms with Gasteiger partial charge in [-0.05, 0) is 12.1 Å². The molecule has 0 aliphatic heterocycles. The number of hydrogen-bond donors (Lipinski definition) is 1. The van der Waals surface area contributed by atoms with Crippen LogP contribution in [0, 0.1) is 0 Å². The fourth-order valence-corrected chi connectivity index (χ4v) is 0.653. The van der Waals surface area contributed by atoms with Crippen molar-refractivity contribution in [2.45, 2.75) is 0 Å². The van der Waals surface area contributed by atoms with E-state index in [-0.39, 0.29) is 0 Å². The smallest absolute Gasteiger partial charge is 0.307 e. The van der Waals surface area contributed by atoms with Gasteiger partial charge in [-0.15, -0.1) is 0 Å². The topological polar surface area (TPSA) is 52.9 Å². The number of hydrogen-bond acceptors (Lipinski definition) is 1. The van der Waals surface area contributed by atoms with Gasteiger partial charge in [0.05, 0.1) is 0 Å². The van der Waals surface area contributed by atoms with Crippen molar-refractivity contribution < 1.29 is 4.79 Å². The van der Waals surface area contributed by atoms with Crippen LogP contribution in [0.1, 0.15) is 0 Å². The van der Waals surface area contributed by atoms with Crippen LogP contribution < -0.4 is 11.1 Å². The number of benzene rings is 1. The van der Waals surface area contributed by atoms with Gasteiger partial charge in [-0.25, -0.2) is 10.5 Å². The standard InChI is InChI=1S/C7H7N2O/c8-7(10)9-6-4-2-1-3-5-6/h1-5,8H,(H,9,10). The van der Waals surface area contributed by atoms with Gasteiger partial charge < -0.3 is 5.32 Å². The second-order valence-corrected chi connectivity index (χ2v) is 1.82. The molecule has 0 saturated heterocycles. The molecule has 2 amide bonds. The molecule has 1 aromatic rings. The molecule has 1 radical (unpaired) electrons. The second-order valence-electron chi connectivity index (χ2n) is 1.82. The van der Waals surface area contributed by atoms with E-state index in [1.54, 1.807) is 24.3 Å². The Kier molecular flexibility index (Phi) is 1.89. The summed E-state index contributed by atoms with van der Waals surface area (Å²) in [5, 5.41) is 2.33. The summed E-state index contributed by atoms with van der Waals surface area (Å²) in [4.78, 5) is 10.2. The molecule has 0 atom stereocenters. The van der Waals surface area contributed by atoms with Gasteiger partial charge in [0.2, 0.25) is 0 Å². The zero-order valence-electron chi connectivity index (χ0n) is 5.29. The van der Waals surface area contributed by atoms with Crippen LogP contribution in [0.2, 0.25) is 0 Å². The van der Waals surface area contributed by atoms with E-state index in [1.807, 2.05) is 6.07 Å². The van der Waals surface area contributed by atoms with Crippen molar-refractivity contribution in [3.8, 4) is 0 Å². The SMILES string of the molecule is [NH]C(=O)Nc1ccccc1. The number of amides is 2. The summed E-state index contributed by atoms with van der Waals surface area (Å²) in [5.41, 5.74) is 7.22. The van der Waals surface area contributed by atoms with Crippen LogP contribution in [-0.2, 0) is 0 Å². The minimum Gasteiger partial charge on any atom is -0.307 e. The fourth-order valence-electron chi connectivity index (χ4n) is 0.653. The predicted molar refractivity (Wildman–Crippen MR) is 38.6 cm³/mol. The first-order valence-corrected chi connectivity index (χ1v) is 2.86. The predicted octanol–water partition coefficient (Wildman–Crippen LogP) is 1.50. The van der Waals surface area contributed by atoms with E-state index in [9.17, 15) is 4.79 Å². The molecule has 1 aromatic carbocycles. The number of anilines is 1. The lowest BCUT2D eigenvalue weighted by Crippen LogP contribution is -2.08. The Labute approximate surface area is 58.8 Å². The Morgan fingerprint density at radius 1 is 1.30 bits per heavy atom. The van der Waals surface area contributed by atoms with Crippen LogP contribution in [0.25, 0.3) is 0 Å². The van der Waals surface area contributed by atoms with Crippen LogP contribution >= 0.6 is 0 Å².